The molecule has 3 N–H and O–H groups in total. The van der Waals surface area contributed by atoms with Gasteiger partial charge in [-0.2, -0.15) is 0 Å². The minimum absolute atomic E-state index is 0.307. The second kappa shape index (κ2) is 3.72. The Morgan fingerprint density at radius 1 is 1.25 bits per heavy atom. The van der Waals surface area contributed by atoms with Gasteiger partial charge in [-0.1, -0.05) is 0 Å². The summed E-state index contributed by atoms with van der Waals surface area (Å²) >= 11 is 0. The Bertz CT molecular complexity index is 555. The lowest BCUT2D eigenvalue weighted by molar-refractivity contribution is -0.157. The van der Waals surface area contributed by atoms with Crippen LogP contribution in [0.5, 0.6) is 0 Å². The maximum absolute atomic E-state index is 11.7. The number of allylic oxidation sites excluding steroid dienone is 1. The number of esters is 1. The maximum atomic E-state index is 11.7. The molecule has 1 heterocycles. The van der Waals surface area contributed by atoms with Crippen LogP contribution >= 0.6 is 0 Å². The molecular formula is C15H20O5. The number of carbonyl (C=O) groups is 1. The van der Waals surface area contributed by atoms with Gasteiger partial charge in [-0.15, -0.1) is 0 Å². The highest BCUT2D eigenvalue weighted by molar-refractivity contribution is 5.94. The van der Waals surface area contributed by atoms with Gasteiger partial charge in [0.15, 0.2) is 0 Å². The third kappa shape index (κ3) is 1.57. The Kier molecular flexibility index (Phi) is 2.57. The number of hydrogen-bond acceptors (Lipinski definition) is 5. The fourth-order valence-corrected chi connectivity index (χ4v) is 3.80. The molecule has 0 bridgehead atoms. The van der Waals surface area contributed by atoms with Crippen molar-refractivity contribution >= 4 is 5.97 Å². The van der Waals surface area contributed by atoms with Gasteiger partial charge in [-0.05, 0) is 46.1 Å². The van der Waals surface area contributed by atoms with E-state index in [9.17, 15) is 20.1 Å². The highest BCUT2D eigenvalue weighted by atomic mass is 16.5. The predicted octanol–water partition coefficient (Wildman–Crippen LogP) is 0.790. The van der Waals surface area contributed by atoms with Crippen LogP contribution in [0.4, 0.5) is 0 Å². The van der Waals surface area contributed by atoms with Crippen molar-refractivity contribution in [3.8, 4) is 0 Å². The molecule has 2 aliphatic carbocycles. The lowest BCUT2D eigenvalue weighted by Crippen LogP contribution is -2.56. The third-order valence-electron chi connectivity index (χ3n) is 5.30. The predicted molar refractivity (Wildman–Crippen MR) is 70.4 cm³/mol. The number of hydrogen-bond donors (Lipinski definition) is 3. The van der Waals surface area contributed by atoms with Crippen molar-refractivity contribution in [2.45, 2.75) is 56.8 Å². The molecule has 3 aliphatic rings. The number of carbonyl (C=O) groups excluding carboxylic acids is 1. The molecule has 4 atom stereocenters. The van der Waals surface area contributed by atoms with Gasteiger partial charge in [0.25, 0.3) is 0 Å². The molecular weight excluding hydrogens is 260 g/mol. The lowest BCUT2D eigenvalue weighted by atomic mass is 9.72. The monoisotopic (exact) mass is 280 g/mol. The Morgan fingerprint density at radius 2 is 1.90 bits per heavy atom. The van der Waals surface area contributed by atoms with Crippen LogP contribution in [0.2, 0.25) is 0 Å². The van der Waals surface area contributed by atoms with Crippen molar-refractivity contribution in [2.75, 3.05) is 0 Å². The fourth-order valence-electron chi connectivity index (χ4n) is 3.80. The minimum atomic E-state index is -1.56. The van der Waals surface area contributed by atoms with Crippen molar-refractivity contribution < 1.29 is 24.9 Å². The second-order valence-corrected chi connectivity index (χ2v) is 6.69. The van der Waals surface area contributed by atoms with Crippen LogP contribution in [-0.2, 0) is 9.53 Å². The number of rotatable bonds is 0. The van der Waals surface area contributed by atoms with Gasteiger partial charge in [-0.25, -0.2) is 4.79 Å². The van der Waals surface area contributed by atoms with E-state index < -0.39 is 28.7 Å². The number of ether oxygens (including phenoxy) is 1. The van der Waals surface area contributed by atoms with Crippen LogP contribution in [0.25, 0.3) is 0 Å². The smallest absolute Gasteiger partial charge is 0.339 e. The average molecular weight is 280 g/mol. The SMILES string of the molecule is CC1=C2C[C@@H]3[C@@](C)(O)CC[C@]3(O)[C@@](C)(O)C=C2OC1=O. The van der Waals surface area contributed by atoms with Crippen LogP contribution in [0.1, 0.15) is 40.0 Å². The third-order valence-corrected chi connectivity index (χ3v) is 5.30. The second-order valence-electron chi connectivity index (χ2n) is 6.69. The van der Waals surface area contributed by atoms with Crippen molar-refractivity contribution in [1.82, 2.24) is 0 Å². The van der Waals surface area contributed by atoms with E-state index in [0.29, 0.717) is 36.2 Å². The minimum Gasteiger partial charge on any atom is -0.423 e. The van der Waals surface area contributed by atoms with E-state index in [1.165, 1.54) is 13.0 Å². The largest absolute Gasteiger partial charge is 0.423 e. The van der Waals surface area contributed by atoms with Gasteiger partial charge in [-0.3, -0.25) is 0 Å². The van der Waals surface area contributed by atoms with Crippen molar-refractivity contribution in [3.63, 3.8) is 0 Å². The molecule has 0 amide bonds. The molecule has 0 aromatic carbocycles. The lowest BCUT2D eigenvalue weighted by Gasteiger charge is -2.42. The van der Waals surface area contributed by atoms with Crippen molar-refractivity contribution in [1.29, 1.82) is 0 Å². The Labute approximate surface area is 117 Å². The summed E-state index contributed by atoms with van der Waals surface area (Å²) in [6.07, 6.45) is 2.46. The molecule has 0 saturated heterocycles. The van der Waals surface area contributed by atoms with E-state index in [1.54, 1.807) is 13.8 Å². The first-order chi connectivity index (χ1) is 9.08. The van der Waals surface area contributed by atoms with Gasteiger partial charge in [0, 0.05) is 17.1 Å². The van der Waals surface area contributed by atoms with Crippen molar-refractivity contribution in [2.24, 2.45) is 5.92 Å². The molecule has 1 fully saturated rings. The highest BCUT2D eigenvalue weighted by Crippen LogP contribution is 2.55. The zero-order valence-electron chi connectivity index (χ0n) is 11.9. The summed E-state index contributed by atoms with van der Waals surface area (Å²) < 4.78 is 5.17. The molecule has 20 heavy (non-hydrogen) atoms. The normalized spacial score (nSPS) is 47.6. The molecule has 5 heteroatoms. The molecule has 0 unspecified atom stereocenters. The zero-order chi connectivity index (χ0) is 14.9. The molecule has 0 aromatic rings. The first kappa shape index (κ1) is 13.8. The summed E-state index contributed by atoms with van der Waals surface area (Å²) in [6, 6.07) is 0. The van der Waals surface area contributed by atoms with E-state index in [0.717, 1.165) is 0 Å². The summed E-state index contributed by atoms with van der Waals surface area (Å²) in [6.45, 7) is 4.84. The first-order valence-electron chi connectivity index (χ1n) is 6.91. The van der Waals surface area contributed by atoms with E-state index in [-0.39, 0.29) is 0 Å². The summed E-state index contributed by atoms with van der Waals surface area (Å²) in [5, 5.41) is 32.2. The highest BCUT2D eigenvalue weighted by Gasteiger charge is 2.62. The van der Waals surface area contributed by atoms with Crippen LogP contribution in [0.15, 0.2) is 23.0 Å². The molecule has 0 radical (unpaired) electrons. The van der Waals surface area contributed by atoms with Gasteiger partial charge >= 0.3 is 5.97 Å². The van der Waals surface area contributed by atoms with Crippen LogP contribution in [0.3, 0.4) is 0 Å². The zero-order valence-corrected chi connectivity index (χ0v) is 11.9. The van der Waals surface area contributed by atoms with E-state index in [2.05, 4.69) is 0 Å². The molecule has 110 valence electrons. The summed E-state index contributed by atoms with van der Waals surface area (Å²) in [4.78, 5) is 11.7. The summed E-state index contributed by atoms with van der Waals surface area (Å²) in [7, 11) is 0. The Morgan fingerprint density at radius 3 is 2.55 bits per heavy atom. The topological polar surface area (TPSA) is 87.0 Å². The van der Waals surface area contributed by atoms with Crippen LogP contribution in [-0.4, -0.2) is 38.1 Å². The van der Waals surface area contributed by atoms with Gasteiger partial charge < -0.3 is 20.1 Å². The fraction of sp³-hybridized carbons (Fsp3) is 0.667. The Balaban J connectivity index is 2.18. The number of aliphatic hydroxyl groups is 3. The molecule has 0 spiro atoms. The van der Waals surface area contributed by atoms with Crippen LogP contribution < -0.4 is 0 Å². The van der Waals surface area contributed by atoms with Gasteiger partial charge in [0.1, 0.15) is 17.0 Å². The first-order valence-corrected chi connectivity index (χ1v) is 6.91. The van der Waals surface area contributed by atoms with E-state index in [4.69, 9.17) is 4.74 Å². The van der Waals surface area contributed by atoms with Crippen molar-refractivity contribution in [3.05, 3.63) is 23.0 Å². The molecule has 3 rings (SSSR count). The van der Waals surface area contributed by atoms with Crippen LogP contribution in [0, 0.1) is 5.92 Å². The molecule has 1 saturated carbocycles. The molecule has 0 aromatic heterocycles. The standard InChI is InChI=1S/C15H20O5/c1-8-9-6-11-13(2,17)4-5-15(11,19)14(3,18)7-10(9)20-12(8)16/h7,11,17-19H,4-6H2,1-3H3/t11-,13+,14+,15-/m1/s1. The van der Waals surface area contributed by atoms with Gasteiger partial charge in [0.05, 0.1) is 5.60 Å². The Hall–Kier alpha value is -1.17. The molecule has 5 nitrogen and oxygen atoms in total. The quantitative estimate of drug-likeness (QED) is 0.571. The summed E-state index contributed by atoms with van der Waals surface area (Å²) in [5.74, 6) is -0.653. The average Bonchev–Trinajstić information content (AvgIpc) is 2.67. The maximum Gasteiger partial charge on any atom is 0.339 e. The van der Waals surface area contributed by atoms with Gasteiger partial charge in [0.2, 0.25) is 0 Å². The summed E-state index contributed by atoms with van der Waals surface area (Å²) in [5.41, 5.74) is -2.90. The van der Waals surface area contributed by atoms with E-state index >= 15 is 0 Å². The number of fused-ring (bicyclic) bond motifs is 2. The van der Waals surface area contributed by atoms with E-state index in [1.807, 2.05) is 0 Å². The molecule has 1 aliphatic heterocycles.